The minimum absolute atomic E-state index is 0.218. The SMILES string of the molecule is CCCc1ccc(C(C)OCC)cc1. The molecule has 0 amide bonds. The van der Waals surface area contributed by atoms with Crippen molar-refractivity contribution in [3.63, 3.8) is 0 Å². The molecule has 1 rings (SSSR count). The lowest BCUT2D eigenvalue weighted by Crippen LogP contribution is -1.99. The zero-order valence-corrected chi connectivity index (χ0v) is 9.42. The molecule has 14 heavy (non-hydrogen) atoms. The maximum Gasteiger partial charge on any atom is 0.0796 e. The van der Waals surface area contributed by atoms with Gasteiger partial charge in [0.05, 0.1) is 6.10 Å². The van der Waals surface area contributed by atoms with Crippen LogP contribution in [0.5, 0.6) is 0 Å². The normalized spacial score (nSPS) is 12.8. The molecule has 1 unspecified atom stereocenters. The highest BCUT2D eigenvalue weighted by Gasteiger charge is 2.03. The van der Waals surface area contributed by atoms with E-state index in [4.69, 9.17) is 4.74 Å². The number of benzene rings is 1. The van der Waals surface area contributed by atoms with E-state index in [0.717, 1.165) is 6.61 Å². The monoisotopic (exact) mass is 192 g/mol. The van der Waals surface area contributed by atoms with Crippen molar-refractivity contribution in [3.05, 3.63) is 35.4 Å². The Morgan fingerprint density at radius 1 is 1.14 bits per heavy atom. The summed E-state index contributed by atoms with van der Waals surface area (Å²) in [5.74, 6) is 0. The molecule has 78 valence electrons. The summed E-state index contributed by atoms with van der Waals surface area (Å²) in [5, 5.41) is 0. The molecule has 0 aliphatic heterocycles. The Balaban J connectivity index is 2.62. The van der Waals surface area contributed by atoms with Crippen molar-refractivity contribution in [1.82, 2.24) is 0 Å². The molecule has 1 heteroatoms. The molecule has 0 fully saturated rings. The standard InChI is InChI=1S/C13H20O/c1-4-6-12-7-9-13(10-8-12)11(3)14-5-2/h7-11H,4-6H2,1-3H3. The molecule has 0 aromatic heterocycles. The van der Waals surface area contributed by atoms with Gasteiger partial charge < -0.3 is 4.74 Å². The molecule has 0 bridgehead atoms. The van der Waals surface area contributed by atoms with E-state index in [1.54, 1.807) is 0 Å². The molecule has 0 saturated heterocycles. The van der Waals surface area contributed by atoms with Gasteiger partial charge in [0.25, 0.3) is 0 Å². The zero-order valence-electron chi connectivity index (χ0n) is 9.42. The van der Waals surface area contributed by atoms with E-state index < -0.39 is 0 Å². The number of hydrogen-bond donors (Lipinski definition) is 0. The minimum Gasteiger partial charge on any atom is -0.374 e. The second-order valence-electron chi connectivity index (χ2n) is 3.59. The molecule has 1 nitrogen and oxygen atoms in total. The minimum atomic E-state index is 0.218. The van der Waals surface area contributed by atoms with Crippen LogP contribution in [0.3, 0.4) is 0 Å². The van der Waals surface area contributed by atoms with Crippen LogP contribution in [0.1, 0.15) is 44.4 Å². The average Bonchev–Trinajstić information content (AvgIpc) is 2.20. The lowest BCUT2D eigenvalue weighted by molar-refractivity contribution is 0.0764. The van der Waals surface area contributed by atoms with Crippen LogP contribution >= 0.6 is 0 Å². The maximum absolute atomic E-state index is 5.53. The summed E-state index contributed by atoms with van der Waals surface area (Å²) in [5.41, 5.74) is 2.69. The smallest absolute Gasteiger partial charge is 0.0796 e. The molecule has 0 saturated carbocycles. The first-order valence-corrected chi connectivity index (χ1v) is 5.48. The first-order valence-electron chi connectivity index (χ1n) is 5.48. The summed E-state index contributed by atoms with van der Waals surface area (Å²) in [6, 6.07) is 8.75. The average molecular weight is 192 g/mol. The van der Waals surface area contributed by atoms with Crippen LogP contribution in [0, 0.1) is 0 Å². The highest BCUT2D eigenvalue weighted by atomic mass is 16.5. The van der Waals surface area contributed by atoms with Gasteiger partial charge in [0.2, 0.25) is 0 Å². The fourth-order valence-corrected chi connectivity index (χ4v) is 1.59. The number of rotatable bonds is 5. The van der Waals surface area contributed by atoms with Crippen molar-refractivity contribution >= 4 is 0 Å². The molecular formula is C13H20O. The fraction of sp³-hybridized carbons (Fsp3) is 0.538. The van der Waals surface area contributed by atoms with Crippen LogP contribution in [-0.2, 0) is 11.2 Å². The van der Waals surface area contributed by atoms with E-state index in [2.05, 4.69) is 38.1 Å². The molecule has 1 atom stereocenters. The molecule has 1 aromatic rings. The van der Waals surface area contributed by atoms with E-state index in [1.807, 2.05) is 6.92 Å². The summed E-state index contributed by atoms with van der Waals surface area (Å²) in [7, 11) is 0. The van der Waals surface area contributed by atoms with Crippen molar-refractivity contribution in [2.24, 2.45) is 0 Å². The second-order valence-corrected chi connectivity index (χ2v) is 3.59. The Labute approximate surface area is 87.1 Å². The van der Waals surface area contributed by atoms with Crippen LogP contribution in [0.15, 0.2) is 24.3 Å². The van der Waals surface area contributed by atoms with Crippen molar-refractivity contribution in [1.29, 1.82) is 0 Å². The van der Waals surface area contributed by atoms with Crippen molar-refractivity contribution < 1.29 is 4.74 Å². The van der Waals surface area contributed by atoms with Gasteiger partial charge in [-0.1, -0.05) is 37.6 Å². The van der Waals surface area contributed by atoms with Gasteiger partial charge in [0.1, 0.15) is 0 Å². The topological polar surface area (TPSA) is 9.23 Å². The third-order valence-corrected chi connectivity index (χ3v) is 2.40. The van der Waals surface area contributed by atoms with E-state index in [9.17, 15) is 0 Å². The summed E-state index contributed by atoms with van der Waals surface area (Å²) in [6.07, 6.45) is 2.60. The Kier molecular flexibility index (Phi) is 4.68. The molecule has 0 heterocycles. The zero-order chi connectivity index (χ0) is 10.4. The van der Waals surface area contributed by atoms with Gasteiger partial charge >= 0.3 is 0 Å². The molecule has 0 N–H and O–H groups in total. The van der Waals surface area contributed by atoms with E-state index in [0.29, 0.717) is 0 Å². The van der Waals surface area contributed by atoms with Crippen molar-refractivity contribution in [2.45, 2.75) is 39.7 Å². The molecule has 0 spiro atoms. The Hall–Kier alpha value is -0.820. The van der Waals surface area contributed by atoms with Crippen LogP contribution in [0.2, 0.25) is 0 Å². The molecular weight excluding hydrogens is 172 g/mol. The van der Waals surface area contributed by atoms with Gasteiger partial charge in [0.15, 0.2) is 0 Å². The van der Waals surface area contributed by atoms with Crippen LogP contribution < -0.4 is 0 Å². The summed E-state index contributed by atoms with van der Waals surface area (Å²) in [6.45, 7) is 7.11. The molecule has 1 aromatic carbocycles. The van der Waals surface area contributed by atoms with Gasteiger partial charge in [0, 0.05) is 6.61 Å². The maximum atomic E-state index is 5.53. The Bertz CT molecular complexity index is 250. The van der Waals surface area contributed by atoms with Gasteiger partial charge in [-0.05, 0) is 31.4 Å². The molecule has 0 aliphatic carbocycles. The highest BCUT2D eigenvalue weighted by molar-refractivity contribution is 5.24. The third kappa shape index (κ3) is 3.15. The van der Waals surface area contributed by atoms with Crippen LogP contribution in [0.4, 0.5) is 0 Å². The van der Waals surface area contributed by atoms with Gasteiger partial charge in [-0.15, -0.1) is 0 Å². The third-order valence-electron chi connectivity index (χ3n) is 2.40. The second kappa shape index (κ2) is 5.82. The first kappa shape index (κ1) is 11.3. The first-order chi connectivity index (χ1) is 6.77. The van der Waals surface area contributed by atoms with Crippen LogP contribution in [-0.4, -0.2) is 6.61 Å². The summed E-state index contributed by atoms with van der Waals surface area (Å²) in [4.78, 5) is 0. The summed E-state index contributed by atoms with van der Waals surface area (Å²) < 4.78 is 5.53. The van der Waals surface area contributed by atoms with E-state index in [1.165, 1.54) is 24.0 Å². The Morgan fingerprint density at radius 3 is 2.29 bits per heavy atom. The van der Waals surface area contributed by atoms with Gasteiger partial charge in [-0.25, -0.2) is 0 Å². The van der Waals surface area contributed by atoms with E-state index in [-0.39, 0.29) is 6.10 Å². The largest absolute Gasteiger partial charge is 0.374 e. The predicted molar refractivity (Wildman–Crippen MR) is 60.5 cm³/mol. The Morgan fingerprint density at radius 2 is 1.79 bits per heavy atom. The molecule has 0 radical (unpaired) electrons. The number of aryl methyl sites for hydroxylation is 1. The van der Waals surface area contributed by atoms with Crippen molar-refractivity contribution in [2.75, 3.05) is 6.61 Å². The van der Waals surface area contributed by atoms with Gasteiger partial charge in [-0.3, -0.25) is 0 Å². The fourth-order valence-electron chi connectivity index (χ4n) is 1.59. The highest BCUT2D eigenvalue weighted by Crippen LogP contribution is 2.17. The lowest BCUT2D eigenvalue weighted by Gasteiger charge is -2.12. The number of hydrogen-bond acceptors (Lipinski definition) is 1. The van der Waals surface area contributed by atoms with Crippen molar-refractivity contribution in [3.8, 4) is 0 Å². The lowest BCUT2D eigenvalue weighted by atomic mass is 10.1. The molecule has 0 aliphatic rings. The van der Waals surface area contributed by atoms with E-state index >= 15 is 0 Å². The predicted octanol–water partition coefficient (Wildman–Crippen LogP) is 3.74. The van der Waals surface area contributed by atoms with Crippen LogP contribution in [0.25, 0.3) is 0 Å². The van der Waals surface area contributed by atoms with Gasteiger partial charge in [-0.2, -0.15) is 0 Å². The summed E-state index contributed by atoms with van der Waals surface area (Å²) >= 11 is 0. The quantitative estimate of drug-likeness (QED) is 0.690. The number of ether oxygens (including phenoxy) is 1.